The first-order valence-electron chi connectivity index (χ1n) is 7.69. The van der Waals surface area contributed by atoms with Gasteiger partial charge in [-0.3, -0.25) is 14.3 Å². The van der Waals surface area contributed by atoms with Crippen molar-refractivity contribution in [3.05, 3.63) is 32.6 Å². The van der Waals surface area contributed by atoms with Gasteiger partial charge in [0, 0.05) is 18.2 Å². The predicted octanol–water partition coefficient (Wildman–Crippen LogP) is -1.23. The van der Waals surface area contributed by atoms with E-state index in [0.717, 1.165) is 4.57 Å². The number of aryl methyl sites for hydroxylation is 1. The molecule has 2 unspecified atom stereocenters. The van der Waals surface area contributed by atoms with Crippen molar-refractivity contribution in [2.75, 3.05) is 6.61 Å². The zero-order valence-electron chi connectivity index (χ0n) is 14.8. The van der Waals surface area contributed by atoms with E-state index in [1.165, 1.54) is 13.1 Å². The van der Waals surface area contributed by atoms with E-state index in [0.29, 0.717) is 0 Å². The molecule has 0 aliphatic carbocycles. The van der Waals surface area contributed by atoms with Crippen LogP contribution < -0.4 is 11.2 Å². The van der Waals surface area contributed by atoms with Crippen LogP contribution in [0.3, 0.4) is 0 Å². The summed E-state index contributed by atoms with van der Waals surface area (Å²) in [5.41, 5.74) is -1.22. The molecule has 30 heavy (non-hydrogen) atoms. The van der Waals surface area contributed by atoms with E-state index in [4.69, 9.17) is 19.4 Å². The normalized spacial score (nSPS) is 26.3. The molecule has 0 spiro atoms. The standard InChI is InChI=1S/C10H17N2O15P3/c1-5-3-12(10(15)11-9(5)14)8-2-6(13)7(24-8)4-23-25-29(19,20)27-30(21,22)26-28(16,17)18/h3,6-8,13H,2,4H2,1H3,(H,19,20)(H,21,22)(H,11,14,15)(H2,16,17,18)/t6-,7+,8+/m0/s1. The minimum absolute atomic E-state index is 0.130. The summed E-state index contributed by atoms with van der Waals surface area (Å²) in [6.45, 7) is 0.696. The Labute approximate surface area is 166 Å². The molecule has 1 aliphatic heterocycles. The molecule has 1 aromatic heterocycles. The zero-order chi connectivity index (χ0) is 22.9. The summed E-state index contributed by atoms with van der Waals surface area (Å²) in [5.74, 6) is 0. The Morgan fingerprint density at radius 3 is 2.40 bits per heavy atom. The average molecular weight is 498 g/mol. The van der Waals surface area contributed by atoms with Gasteiger partial charge in [-0.05, 0) is 6.92 Å². The van der Waals surface area contributed by atoms with E-state index in [-0.39, 0.29) is 12.0 Å². The summed E-state index contributed by atoms with van der Waals surface area (Å²) >= 11 is 0. The Kier molecular flexibility index (Phi) is 7.76. The third kappa shape index (κ3) is 7.28. The van der Waals surface area contributed by atoms with Gasteiger partial charge in [-0.15, -0.1) is 4.67 Å². The van der Waals surface area contributed by atoms with Crippen molar-refractivity contribution in [1.82, 2.24) is 9.55 Å². The average Bonchev–Trinajstić information content (AvgIpc) is 2.88. The molecule has 2 rings (SSSR count). The highest BCUT2D eigenvalue weighted by Gasteiger charge is 2.42. The third-order valence-corrected chi connectivity index (χ3v) is 7.08. The highest BCUT2D eigenvalue weighted by atomic mass is 31.3. The van der Waals surface area contributed by atoms with E-state index in [1.807, 2.05) is 4.98 Å². The number of H-pyrrole nitrogens is 1. The molecule has 2 heterocycles. The lowest BCUT2D eigenvalue weighted by Gasteiger charge is -2.18. The molecule has 1 fully saturated rings. The number of nitrogens with one attached hydrogen (secondary N) is 1. The topological polar surface area (TPSA) is 253 Å². The molecule has 1 aliphatic rings. The fraction of sp³-hybridized carbons (Fsp3) is 0.600. The Bertz CT molecular complexity index is 1030. The van der Waals surface area contributed by atoms with Crippen molar-refractivity contribution in [3.63, 3.8) is 0 Å². The lowest BCUT2D eigenvalue weighted by molar-refractivity contribution is -0.245. The lowest BCUT2D eigenvalue weighted by atomic mass is 10.2. The van der Waals surface area contributed by atoms with Gasteiger partial charge in [0.2, 0.25) is 0 Å². The first-order chi connectivity index (χ1) is 13.6. The van der Waals surface area contributed by atoms with Crippen LogP contribution in [0, 0.1) is 6.92 Å². The molecule has 0 aromatic carbocycles. The summed E-state index contributed by atoms with van der Waals surface area (Å²) < 4.78 is 50.4. The van der Waals surface area contributed by atoms with Crippen molar-refractivity contribution in [2.45, 2.75) is 31.8 Å². The minimum Gasteiger partial charge on any atom is -0.390 e. The van der Waals surface area contributed by atoms with Gasteiger partial charge in [0.15, 0.2) is 0 Å². The molecule has 172 valence electrons. The first-order valence-corrected chi connectivity index (χ1v) is 12.2. The number of aromatic nitrogens is 2. The number of hydrogen-bond donors (Lipinski definition) is 6. The summed E-state index contributed by atoms with van der Waals surface area (Å²) in [4.78, 5) is 64.7. The van der Waals surface area contributed by atoms with Gasteiger partial charge >= 0.3 is 29.2 Å². The second-order valence-electron chi connectivity index (χ2n) is 5.86. The van der Waals surface area contributed by atoms with Crippen LogP contribution in [0.1, 0.15) is 18.2 Å². The zero-order valence-corrected chi connectivity index (χ0v) is 17.5. The smallest absolute Gasteiger partial charge is 0.390 e. The number of ether oxygens (including phenoxy) is 1. The molecule has 1 aromatic rings. The van der Waals surface area contributed by atoms with Crippen LogP contribution in [-0.4, -0.2) is 53.0 Å². The molecular weight excluding hydrogens is 481 g/mol. The SMILES string of the molecule is Cc1cn([C@H]2C[C@H](O)[C@@H](COOP(=O)(O)OP(=O)(O)OP(=O)(O)O)O2)c(=O)[nH]c1=O. The number of nitrogens with zero attached hydrogens (tertiary/aromatic N) is 1. The van der Waals surface area contributed by atoms with Crippen molar-refractivity contribution in [3.8, 4) is 0 Å². The molecule has 0 amide bonds. The second kappa shape index (κ2) is 9.22. The molecule has 20 heteroatoms. The van der Waals surface area contributed by atoms with Crippen LogP contribution in [0.2, 0.25) is 0 Å². The molecule has 17 nitrogen and oxygen atoms in total. The van der Waals surface area contributed by atoms with E-state index in [9.17, 15) is 33.3 Å². The Morgan fingerprint density at radius 1 is 1.17 bits per heavy atom. The van der Waals surface area contributed by atoms with E-state index >= 15 is 0 Å². The van der Waals surface area contributed by atoms with Crippen molar-refractivity contribution in [1.29, 1.82) is 0 Å². The second-order valence-corrected chi connectivity index (χ2v) is 10.2. The molecule has 0 radical (unpaired) electrons. The molecule has 1 saturated heterocycles. The van der Waals surface area contributed by atoms with Gasteiger partial charge in [-0.25, -0.2) is 23.4 Å². The highest BCUT2D eigenvalue weighted by molar-refractivity contribution is 7.66. The highest BCUT2D eigenvalue weighted by Crippen LogP contribution is 2.66. The number of aliphatic hydroxyl groups excluding tert-OH is 1. The summed E-state index contributed by atoms with van der Waals surface area (Å²) in [7, 11) is -16.8. The van der Waals surface area contributed by atoms with Crippen LogP contribution in [0.25, 0.3) is 0 Å². The van der Waals surface area contributed by atoms with Crippen LogP contribution in [-0.2, 0) is 36.6 Å². The van der Waals surface area contributed by atoms with E-state index in [2.05, 4.69) is 18.2 Å². The Hall–Kier alpha value is -1.03. The Balaban J connectivity index is 1.94. The maximum atomic E-state index is 11.9. The van der Waals surface area contributed by atoms with Crippen LogP contribution >= 0.6 is 23.5 Å². The van der Waals surface area contributed by atoms with E-state index in [1.54, 1.807) is 0 Å². The molecule has 5 atom stereocenters. The predicted molar refractivity (Wildman–Crippen MR) is 91.5 cm³/mol. The Morgan fingerprint density at radius 2 is 1.80 bits per heavy atom. The van der Waals surface area contributed by atoms with Gasteiger partial charge < -0.3 is 29.4 Å². The third-order valence-electron chi connectivity index (χ3n) is 3.46. The maximum absolute atomic E-state index is 11.9. The number of rotatable bonds is 9. The van der Waals surface area contributed by atoms with Crippen LogP contribution in [0.5, 0.6) is 0 Å². The van der Waals surface area contributed by atoms with Gasteiger partial charge in [-0.1, -0.05) is 0 Å². The fourth-order valence-corrected chi connectivity index (χ4v) is 5.10. The number of aromatic amines is 1. The summed E-state index contributed by atoms with van der Waals surface area (Å²) in [5, 5.41) is 9.98. The number of phosphoric acid groups is 3. The fourth-order valence-electron chi connectivity index (χ4n) is 2.29. The molecule has 0 bridgehead atoms. The largest absolute Gasteiger partial charge is 0.508 e. The molecular formula is C10H17N2O15P3. The monoisotopic (exact) mass is 498 g/mol. The minimum atomic E-state index is -5.71. The van der Waals surface area contributed by atoms with Crippen molar-refractivity contribution in [2.24, 2.45) is 0 Å². The molecule has 0 saturated carbocycles. The summed E-state index contributed by atoms with van der Waals surface area (Å²) in [6.07, 6.45) is -2.41. The summed E-state index contributed by atoms with van der Waals surface area (Å²) in [6, 6.07) is 0. The maximum Gasteiger partial charge on any atom is 0.508 e. The van der Waals surface area contributed by atoms with Gasteiger partial charge in [-0.2, -0.15) is 8.62 Å². The first kappa shape index (κ1) is 25.2. The van der Waals surface area contributed by atoms with Gasteiger partial charge in [0.05, 0.1) is 6.10 Å². The lowest BCUT2D eigenvalue weighted by Crippen LogP contribution is -2.33. The van der Waals surface area contributed by atoms with Gasteiger partial charge in [0.25, 0.3) is 5.56 Å². The molecule has 6 N–H and O–H groups in total. The number of aliphatic hydroxyl groups is 1. The van der Waals surface area contributed by atoms with Crippen molar-refractivity contribution >= 4 is 23.5 Å². The van der Waals surface area contributed by atoms with Gasteiger partial charge in [0.1, 0.15) is 18.9 Å². The van der Waals surface area contributed by atoms with Crippen molar-refractivity contribution < 1.29 is 61.3 Å². The van der Waals surface area contributed by atoms with E-state index < -0.39 is 59.8 Å². The number of hydrogen-bond acceptors (Lipinski definition) is 11. The van der Waals surface area contributed by atoms with Crippen LogP contribution in [0.4, 0.5) is 0 Å². The van der Waals surface area contributed by atoms with Crippen LogP contribution in [0.15, 0.2) is 15.8 Å². The quantitative estimate of drug-likeness (QED) is 0.132.